The van der Waals surface area contributed by atoms with E-state index in [2.05, 4.69) is 34.5 Å². The first-order valence-electron chi connectivity index (χ1n) is 7.74. The summed E-state index contributed by atoms with van der Waals surface area (Å²) in [6, 6.07) is 8.60. The molecule has 1 unspecified atom stereocenters. The molecule has 1 aliphatic heterocycles. The number of esters is 1. The van der Waals surface area contributed by atoms with Gasteiger partial charge in [0, 0.05) is 13.1 Å². The lowest BCUT2D eigenvalue weighted by atomic mass is 9.96. The highest BCUT2D eigenvalue weighted by Crippen LogP contribution is 2.23. The number of carbonyl (C=O) groups is 1. The highest BCUT2D eigenvalue weighted by Gasteiger charge is 2.32. The maximum absolute atomic E-state index is 12.0. The van der Waals surface area contributed by atoms with E-state index in [0.29, 0.717) is 6.61 Å². The Hall–Kier alpha value is -1.39. The molecule has 0 amide bonds. The summed E-state index contributed by atoms with van der Waals surface area (Å²) in [7, 11) is 1.82. The minimum Gasteiger partial charge on any atom is -0.465 e. The molecule has 0 spiro atoms. The highest BCUT2D eigenvalue weighted by atomic mass is 16.5. The number of fused-ring (bicyclic) bond motifs is 1. The van der Waals surface area contributed by atoms with Crippen LogP contribution >= 0.6 is 0 Å². The van der Waals surface area contributed by atoms with Crippen LogP contribution in [0.2, 0.25) is 0 Å². The van der Waals surface area contributed by atoms with Crippen LogP contribution in [0.3, 0.4) is 0 Å². The van der Waals surface area contributed by atoms with Gasteiger partial charge in [0.25, 0.3) is 0 Å². The fourth-order valence-electron chi connectivity index (χ4n) is 2.84. The van der Waals surface area contributed by atoms with Crippen LogP contribution in [-0.2, 0) is 22.6 Å². The average Bonchev–Trinajstić information content (AvgIpc) is 2.89. The van der Waals surface area contributed by atoms with Gasteiger partial charge in [0.15, 0.2) is 0 Å². The van der Waals surface area contributed by atoms with Crippen LogP contribution in [0.4, 0.5) is 0 Å². The molecular formula is C17H26N2O2. The van der Waals surface area contributed by atoms with Crippen molar-refractivity contribution in [3.05, 3.63) is 35.4 Å². The lowest BCUT2D eigenvalue weighted by Crippen LogP contribution is -2.49. The molecule has 2 rings (SSSR count). The zero-order valence-electron chi connectivity index (χ0n) is 13.3. The van der Waals surface area contributed by atoms with Gasteiger partial charge in [-0.15, -0.1) is 0 Å². The smallest absolute Gasteiger partial charge is 0.326 e. The molecule has 0 radical (unpaired) electrons. The summed E-state index contributed by atoms with van der Waals surface area (Å²) in [5.41, 5.74) is 2.28. The minimum atomic E-state index is -0.581. The zero-order chi connectivity index (χ0) is 15.3. The zero-order valence-corrected chi connectivity index (χ0v) is 13.3. The molecule has 0 fully saturated rings. The first kappa shape index (κ1) is 16.0. The number of hydrogen-bond acceptors (Lipinski definition) is 4. The van der Waals surface area contributed by atoms with Gasteiger partial charge in [0.05, 0.1) is 6.61 Å². The second kappa shape index (κ2) is 7.05. The van der Waals surface area contributed by atoms with Gasteiger partial charge in [-0.05, 0) is 51.4 Å². The average molecular weight is 290 g/mol. The fourth-order valence-corrected chi connectivity index (χ4v) is 2.84. The minimum absolute atomic E-state index is 0.155. The molecule has 4 nitrogen and oxygen atoms in total. The van der Waals surface area contributed by atoms with E-state index in [4.69, 9.17) is 4.74 Å². The molecule has 1 heterocycles. The number of hydrogen-bond donors (Lipinski definition) is 1. The normalized spacial score (nSPS) is 17.3. The van der Waals surface area contributed by atoms with Crippen molar-refractivity contribution in [2.45, 2.75) is 45.3 Å². The summed E-state index contributed by atoms with van der Waals surface area (Å²) >= 11 is 0. The van der Waals surface area contributed by atoms with Crippen LogP contribution in [0.15, 0.2) is 24.3 Å². The van der Waals surface area contributed by atoms with E-state index >= 15 is 0 Å². The lowest BCUT2D eigenvalue weighted by Gasteiger charge is -2.27. The third-order valence-electron chi connectivity index (χ3n) is 4.34. The van der Waals surface area contributed by atoms with Crippen molar-refractivity contribution in [1.29, 1.82) is 0 Å². The maximum atomic E-state index is 12.0. The summed E-state index contributed by atoms with van der Waals surface area (Å²) in [4.78, 5) is 14.4. The van der Waals surface area contributed by atoms with Gasteiger partial charge in [-0.25, -0.2) is 0 Å². The van der Waals surface area contributed by atoms with E-state index in [0.717, 1.165) is 32.5 Å². The molecular weight excluding hydrogens is 264 g/mol. The summed E-state index contributed by atoms with van der Waals surface area (Å²) in [6.07, 6.45) is 1.76. The Balaban J connectivity index is 1.81. The predicted octanol–water partition coefficient (Wildman–Crippen LogP) is 2.32. The van der Waals surface area contributed by atoms with Crippen molar-refractivity contribution < 1.29 is 9.53 Å². The second-order valence-corrected chi connectivity index (χ2v) is 5.89. The van der Waals surface area contributed by atoms with Crippen LogP contribution in [0.1, 0.15) is 37.8 Å². The molecule has 0 bridgehead atoms. The van der Waals surface area contributed by atoms with Crippen LogP contribution in [-0.4, -0.2) is 36.6 Å². The lowest BCUT2D eigenvalue weighted by molar-refractivity contribution is -0.150. The van der Waals surface area contributed by atoms with Gasteiger partial charge in [0.2, 0.25) is 0 Å². The number of rotatable bonds is 7. The molecule has 0 aliphatic carbocycles. The van der Waals surface area contributed by atoms with E-state index < -0.39 is 5.54 Å². The number of nitrogens with zero attached hydrogens (tertiary/aromatic N) is 1. The largest absolute Gasteiger partial charge is 0.465 e. The molecule has 1 atom stereocenters. The van der Waals surface area contributed by atoms with Crippen molar-refractivity contribution in [2.24, 2.45) is 0 Å². The Morgan fingerprint density at radius 1 is 1.33 bits per heavy atom. The Morgan fingerprint density at radius 3 is 2.48 bits per heavy atom. The Morgan fingerprint density at radius 2 is 1.95 bits per heavy atom. The van der Waals surface area contributed by atoms with Crippen molar-refractivity contribution in [3.8, 4) is 0 Å². The number of nitrogens with one attached hydrogen (secondary N) is 1. The van der Waals surface area contributed by atoms with E-state index in [1.807, 2.05) is 20.9 Å². The number of likely N-dealkylation sites (N-methyl/N-ethyl adjacent to an activating group) is 1. The van der Waals surface area contributed by atoms with Crippen LogP contribution in [0.5, 0.6) is 0 Å². The Kier molecular flexibility index (Phi) is 5.37. The standard InChI is InChI=1S/C17H26N2O2/c1-4-21-16(20)17(2,18-3)10-7-11-19-12-14-8-5-6-9-15(14)13-19/h5-6,8-9,18H,4,7,10-13H2,1-3H3. The van der Waals surface area contributed by atoms with Crippen molar-refractivity contribution >= 4 is 5.97 Å². The molecule has 4 heteroatoms. The summed E-state index contributed by atoms with van der Waals surface area (Å²) in [6.45, 7) is 7.24. The molecule has 1 N–H and O–H groups in total. The Labute approximate surface area is 127 Å². The fraction of sp³-hybridized carbons (Fsp3) is 0.588. The topological polar surface area (TPSA) is 41.6 Å². The molecule has 0 saturated heterocycles. The molecule has 1 aromatic rings. The van der Waals surface area contributed by atoms with E-state index in [1.54, 1.807) is 0 Å². The first-order valence-corrected chi connectivity index (χ1v) is 7.74. The van der Waals surface area contributed by atoms with Gasteiger partial charge >= 0.3 is 5.97 Å². The highest BCUT2D eigenvalue weighted by molar-refractivity contribution is 5.80. The third kappa shape index (κ3) is 3.83. The number of carbonyl (C=O) groups excluding carboxylic acids is 1. The van der Waals surface area contributed by atoms with Gasteiger partial charge < -0.3 is 10.1 Å². The number of ether oxygens (including phenoxy) is 1. The van der Waals surface area contributed by atoms with Gasteiger partial charge in [-0.3, -0.25) is 9.69 Å². The number of benzene rings is 1. The van der Waals surface area contributed by atoms with E-state index in [9.17, 15) is 4.79 Å². The molecule has 1 aliphatic rings. The molecule has 116 valence electrons. The second-order valence-electron chi connectivity index (χ2n) is 5.89. The quantitative estimate of drug-likeness (QED) is 0.783. The van der Waals surface area contributed by atoms with Crippen LogP contribution in [0.25, 0.3) is 0 Å². The third-order valence-corrected chi connectivity index (χ3v) is 4.34. The van der Waals surface area contributed by atoms with Crippen molar-refractivity contribution in [3.63, 3.8) is 0 Å². The summed E-state index contributed by atoms with van der Waals surface area (Å²) in [5, 5.41) is 3.11. The van der Waals surface area contributed by atoms with Gasteiger partial charge in [0.1, 0.15) is 5.54 Å². The molecule has 21 heavy (non-hydrogen) atoms. The first-order chi connectivity index (χ1) is 10.1. The van der Waals surface area contributed by atoms with Crippen molar-refractivity contribution in [2.75, 3.05) is 20.2 Å². The molecule has 0 aromatic heterocycles. The summed E-state index contributed by atoms with van der Waals surface area (Å²) in [5.74, 6) is -0.155. The SMILES string of the molecule is CCOC(=O)C(C)(CCCN1Cc2ccccc2C1)NC. The monoisotopic (exact) mass is 290 g/mol. The molecule has 1 aromatic carbocycles. The van der Waals surface area contributed by atoms with Crippen LogP contribution < -0.4 is 5.32 Å². The Bertz CT molecular complexity index is 464. The predicted molar refractivity (Wildman–Crippen MR) is 83.9 cm³/mol. The van der Waals surface area contributed by atoms with Crippen LogP contribution in [0, 0.1) is 0 Å². The summed E-state index contributed by atoms with van der Waals surface area (Å²) < 4.78 is 5.16. The van der Waals surface area contributed by atoms with Gasteiger partial charge in [-0.2, -0.15) is 0 Å². The molecule has 0 saturated carbocycles. The van der Waals surface area contributed by atoms with Crippen molar-refractivity contribution in [1.82, 2.24) is 10.2 Å². The van der Waals surface area contributed by atoms with E-state index in [-0.39, 0.29) is 5.97 Å². The van der Waals surface area contributed by atoms with E-state index in [1.165, 1.54) is 11.1 Å². The van der Waals surface area contributed by atoms with Gasteiger partial charge in [-0.1, -0.05) is 24.3 Å². The maximum Gasteiger partial charge on any atom is 0.326 e.